The molecule has 0 radical (unpaired) electrons. The quantitative estimate of drug-likeness (QED) is 0.814. The van der Waals surface area contributed by atoms with E-state index in [1.54, 1.807) is 6.26 Å². The van der Waals surface area contributed by atoms with Gasteiger partial charge in [-0.25, -0.2) is 4.98 Å². The molecule has 1 atom stereocenters. The van der Waals surface area contributed by atoms with Gasteiger partial charge in [0, 0.05) is 18.8 Å². The number of nitrogens with zero attached hydrogens (tertiary/aromatic N) is 2. The molecule has 0 bridgehead atoms. The molecule has 1 amide bonds. The molecule has 1 saturated heterocycles. The molecule has 6 heteroatoms. The summed E-state index contributed by atoms with van der Waals surface area (Å²) in [5.74, 6) is 2.28. The molecule has 24 heavy (non-hydrogen) atoms. The van der Waals surface area contributed by atoms with E-state index in [9.17, 15) is 4.79 Å². The lowest BCUT2D eigenvalue weighted by Crippen LogP contribution is -2.36. The molecule has 2 N–H and O–H groups in total. The summed E-state index contributed by atoms with van der Waals surface area (Å²) in [6, 6.07) is 9.67. The number of carbonyl (C=O) groups excluding carboxylic acids is 1. The summed E-state index contributed by atoms with van der Waals surface area (Å²) in [6.07, 6.45) is 2.72. The van der Waals surface area contributed by atoms with Crippen molar-refractivity contribution in [1.82, 2.24) is 15.2 Å². The molecule has 1 aliphatic heterocycles. The first-order valence-electron chi connectivity index (χ1n) is 8.38. The monoisotopic (exact) mass is 328 g/mol. The van der Waals surface area contributed by atoms with Crippen LogP contribution < -0.4 is 10.6 Å². The van der Waals surface area contributed by atoms with Crippen LogP contribution in [0, 0.1) is 12.8 Å². The fraction of sp³-hybridized carbons (Fsp3) is 0.444. The van der Waals surface area contributed by atoms with Gasteiger partial charge in [-0.2, -0.15) is 0 Å². The highest BCUT2D eigenvalue weighted by molar-refractivity contribution is 5.77. The molecule has 6 nitrogen and oxygen atoms in total. The van der Waals surface area contributed by atoms with E-state index in [-0.39, 0.29) is 5.91 Å². The summed E-state index contributed by atoms with van der Waals surface area (Å²) in [5.41, 5.74) is 1.02. The first-order valence-corrected chi connectivity index (χ1v) is 8.38. The number of nitrogens with one attached hydrogen (secondary N) is 2. The van der Waals surface area contributed by atoms with Gasteiger partial charge < -0.3 is 15.1 Å². The van der Waals surface area contributed by atoms with Crippen molar-refractivity contribution in [1.29, 1.82) is 0 Å². The van der Waals surface area contributed by atoms with Crippen molar-refractivity contribution in [3.63, 3.8) is 0 Å². The molecule has 0 unspecified atom stereocenters. The highest BCUT2D eigenvalue weighted by Crippen LogP contribution is 2.16. The van der Waals surface area contributed by atoms with Gasteiger partial charge in [0.25, 0.3) is 0 Å². The van der Waals surface area contributed by atoms with Crippen molar-refractivity contribution in [2.24, 2.45) is 5.92 Å². The summed E-state index contributed by atoms with van der Waals surface area (Å²) < 4.78 is 5.21. The number of hydrogen-bond acceptors (Lipinski definition) is 5. The summed E-state index contributed by atoms with van der Waals surface area (Å²) in [7, 11) is 0. The number of hydrogen-bond donors (Lipinski definition) is 2. The molecule has 1 fully saturated rings. The fourth-order valence-corrected chi connectivity index (χ4v) is 2.97. The molecule has 2 aromatic heterocycles. The molecule has 3 rings (SSSR count). The lowest BCUT2D eigenvalue weighted by molar-refractivity contribution is -0.122. The number of rotatable bonds is 7. The van der Waals surface area contributed by atoms with Crippen molar-refractivity contribution >= 4 is 11.7 Å². The normalized spacial score (nSPS) is 17.8. The van der Waals surface area contributed by atoms with E-state index >= 15 is 0 Å². The Balaban J connectivity index is 1.36. The second kappa shape index (κ2) is 7.97. The lowest BCUT2D eigenvalue weighted by Gasteiger charge is -2.16. The van der Waals surface area contributed by atoms with Crippen LogP contribution in [0.25, 0.3) is 0 Å². The van der Waals surface area contributed by atoms with Crippen LogP contribution in [0.2, 0.25) is 0 Å². The molecule has 128 valence electrons. The highest BCUT2D eigenvalue weighted by atomic mass is 16.3. The van der Waals surface area contributed by atoms with Crippen LogP contribution in [0.3, 0.4) is 0 Å². The highest BCUT2D eigenvalue weighted by Gasteiger charge is 2.23. The molecule has 0 aliphatic carbocycles. The Kier molecular flexibility index (Phi) is 5.48. The number of amides is 1. The standard InChI is InChI=1S/C18H24N4O2/c1-14-4-2-6-17(21-14)19-10-15-7-8-22(12-15)13-18(23)20-11-16-5-3-9-24-16/h2-6,9,15H,7-8,10-13H2,1H3,(H,19,21)(H,20,23)/t15-/m1/s1. The van der Waals surface area contributed by atoms with Gasteiger partial charge in [0.2, 0.25) is 5.91 Å². The summed E-state index contributed by atoms with van der Waals surface area (Å²) in [5, 5.41) is 6.29. The van der Waals surface area contributed by atoms with E-state index in [0.29, 0.717) is 19.0 Å². The molecule has 0 aromatic carbocycles. The minimum atomic E-state index is 0.0420. The number of anilines is 1. The van der Waals surface area contributed by atoms with E-state index < -0.39 is 0 Å². The first kappa shape index (κ1) is 16.5. The summed E-state index contributed by atoms with van der Waals surface area (Å²) >= 11 is 0. The molecule has 1 aliphatic rings. The van der Waals surface area contributed by atoms with Crippen molar-refractivity contribution in [3.8, 4) is 0 Å². The zero-order valence-corrected chi connectivity index (χ0v) is 14.0. The Bertz CT molecular complexity index is 657. The van der Waals surface area contributed by atoms with Crippen LogP contribution in [0.5, 0.6) is 0 Å². The average molecular weight is 328 g/mol. The number of pyridine rings is 1. The van der Waals surface area contributed by atoms with Crippen molar-refractivity contribution in [2.45, 2.75) is 19.9 Å². The molecular weight excluding hydrogens is 304 g/mol. The molecule has 2 aromatic rings. The minimum absolute atomic E-state index is 0.0420. The minimum Gasteiger partial charge on any atom is -0.467 e. The lowest BCUT2D eigenvalue weighted by atomic mass is 10.1. The Morgan fingerprint density at radius 2 is 2.29 bits per heavy atom. The first-order chi connectivity index (χ1) is 11.7. The molecular formula is C18H24N4O2. The molecule has 3 heterocycles. The Morgan fingerprint density at radius 1 is 1.38 bits per heavy atom. The SMILES string of the molecule is Cc1cccc(NC[C@H]2CCN(CC(=O)NCc3ccco3)C2)n1. The number of furan rings is 1. The summed E-state index contributed by atoms with van der Waals surface area (Å²) in [4.78, 5) is 18.7. The number of aryl methyl sites for hydroxylation is 1. The fourth-order valence-electron chi connectivity index (χ4n) is 2.97. The maximum Gasteiger partial charge on any atom is 0.234 e. The van der Waals surface area contributed by atoms with Gasteiger partial charge in [-0.1, -0.05) is 6.07 Å². The van der Waals surface area contributed by atoms with Crippen LogP contribution in [-0.4, -0.2) is 42.0 Å². The van der Waals surface area contributed by atoms with Gasteiger partial charge in [-0.05, 0) is 50.1 Å². The van der Waals surface area contributed by atoms with Gasteiger partial charge in [-0.15, -0.1) is 0 Å². The van der Waals surface area contributed by atoms with Crippen LogP contribution in [-0.2, 0) is 11.3 Å². The predicted molar refractivity (Wildman–Crippen MR) is 92.6 cm³/mol. The Hall–Kier alpha value is -2.34. The van der Waals surface area contributed by atoms with E-state index in [4.69, 9.17) is 4.42 Å². The third-order valence-electron chi connectivity index (χ3n) is 4.24. The van der Waals surface area contributed by atoms with Gasteiger partial charge in [0.05, 0.1) is 19.4 Å². The zero-order chi connectivity index (χ0) is 16.8. The molecule has 0 saturated carbocycles. The Morgan fingerprint density at radius 3 is 3.08 bits per heavy atom. The van der Waals surface area contributed by atoms with Crippen molar-refractivity contribution < 1.29 is 9.21 Å². The van der Waals surface area contributed by atoms with E-state index in [0.717, 1.165) is 43.3 Å². The third kappa shape index (κ3) is 4.83. The van der Waals surface area contributed by atoms with Gasteiger partial charge in [0.15, 0.2) is 0 Å². The van der Waals surface area contributed by atoms with Gasteiger partial charge in [0.1, 0.15) is 11.6 Å². The van der Waals surface area contributed by atoms with Crippen LogP contribution in [0.1, 0.15) is 17.9 Å². The maximum atomic E-state index is 12.0. The maximum absolute atomic E-state index is 12.0. The van der Waals surface area contributed by atoms with E-state index in [1.165, 1.54) is 0 Å². The van der Waals surface area contributed by atoms with Gasteiger partial charge >= 0.3 is 0 Å². The van der Waals surface area contributed by atoms with Crippen LogP contribution in [0.4, 0.5) is 5.82 Å². The largest absolute Gasteiger partial charge is 0.467 e. The van der Waals surface area contributed by atoms with Crippen molar-refractivity contribution in [3.05, 3.63) is 48.0 Å². The smallest absolute Gasteiger partial charge is 0.234 e. The number of carbonyl (C=O) groups is 1. The van der Waals surface area contributed by atoms with E-state index in [1.807, 2.05) is 37.3 Å². The number of likely N-dealkylation sites (tertiary alicyclic amines) is 1. The summed E-state index contributed by atoms with van der Waals surface area (Å²) in [6.45, 7) is 5.67. The van der Waals surface area contributed by atoms with E-state index in [2.05, 4.69) is 20.5 Å². The van der Waals surface area contributed by atoms with Gasteiger partial charge in [-0.3, -0.25) is 9.69 Å². The predicted octanol–water partition coefficient (Wildman–Crippen LogP) is 2.03. The van der Waals surface area contributed by atoms with Crippen LogP contribution >= 0.6 is 0 Å². The zero-order valence-electron chi connectivity index (χ0n) is 14.0. The van der Waals surface area contributed by atoms with Crippen molar-refractivity contribution in [2.75, 3.05) is 31.5 Å². The second-order valence-corrected chi connectivity index (χ2v) is 6.29. The topological polar surface area (TPSA) is 70.4 Å². The molecule has 0 spiro atoms. The third-order valence-corrected chi connectivity index (χ3v) is 4.24. The van der Waals surface area contributed by atoms with Crippen LogP contribution in [0.15, 0.2) is 41.0 Å². The number of aromatic nitrogens is 1. The Labute approximate surface area is 142 Å². The average Bonchev–Trinajstić information content (AvgIpc) is 3.23. The second-order valence-electron chi connectivity index (χ2n) is 6.29.